The van der Waals surface area contributed by atoms with Gasteiger partial charge in [0.05, 0.1) is 13.2 Å². The SMILES string of the molecule is CCCCCCCCCCCC(=O)O[C@H]1CN[C@H](Cc2ccc(OC)cc2)[C@@H]1OC(N)=O. The number of nitrogens with two attached hydrogens (primary N) is 1. The number of unbranched alkanes of at least 4 members (excludes halogenated alkanes) is 8. The summed E-state index contributed by atoms with van der Waals surface area (Å²) in [6, 6.07) is 7.52. The quantitative estimate of drug-likeness (QED) is 0.303. The van der Waals surface area contributed by atoms with E-state index in [0.717, 1.165) is 30.6 Å². The number of carbonyl (C=O) groups is 2. The van der Waals surface area contributed by atoms with Gasteiger partial charge in [-0.05, 0) is 30.5 Å². The molecule has 3 N–H and O–H groups in total. The van der Waals surface area contributed by atoms with E-state index in [1.54, 1.807) is 7.11 Å². The molecule has 180 valence electrons. The predicted molar refractivity (Wildman–Crippen MR) is 125 cm³/mol. The van der Waals surface area contributed by atoms with Gasteiger partial charge in [0.25, 0.3) is 0 Å². The zero-order valence-corrected chi connectivity index (χ0v) is 19.6. The molecule has 1 fully saturated rings. The Morgan fingerprint density at radius 1 is 0.969 bits per heavy atom. The number of hydrogen-bond donors (Lipinski definition) is 2. The second-order valence-electron chi connectivity index (χ2n) is 8.58. The van der Waals surface area contributed by atoms with E-state index in [2.05, 4.69) is 12.2 Å². The third kappa shape index (κ3) is 9.47. The van der Waals surface area contributed by atoms with Crippen LogP contribution in [0.4, 0.5) is 4.79 Å². The van der Waals surface area contributed by atoms with Gasteiger partial charge in [-0.25, -0.2) is 4.79 Å². The number of primary amides is 1. The van der Waals surface area contributed by atoms with Crippen LogP contribution in [0.1, 0.15) is 76.7 Å². The first-order valence-corrected chi connectivity index (χ1v) is 12.0. The molecule has 1 aromatic rings. The Morgan fingerprint density at radius 3 is 2.19 bits per heavy atom. The summed E-state index contributed by atoms with van der Waals surface area (Å²) in [7, 11) is 1.62. The fourth-order valence-electron chi connectivity index (χ4n) is 4.17. The summed E-state index contributed by atoms with van der Waals surface area (Å²) in [4.78, 5) is 23.8. The molecule has 7 heteroatoms. The van der Waals surface area contributed by atoms with Crippen molar-refractivity contribution in [3.05, 3.63) is 29.8 Å². The van der Waals surface area contributed by atoms with Gasteiger partial charge in [-0.1, -0.05) is 70.4 Å². The van der Waals surface area contributed by atoms with Gasteiger partial charge < -0.3 is 25.3 Å². The Bertz CT molecular complexity index is 679. The maximum Gasteiger partial charge on any atom is 0.404 e. The van der Waals surface area contributed by atoms with Crippen LogP contribution in [0.2, 0.25) is 0 Å². The summed E-state index contributed by atoms with van der Waals surface area (Å²) in [6.45, 7) is 2.66. The number of esters is 1. The van der Waals surface area contributed by atoms with Gasteiger partial charge in [0, 0.05) is 13.0 Å². The lowest BCUT2D eigenvalue weighted by Crippen LogP contribution is -2.41. The molecule has 3 atom stereocenters. The minimum atomic E-state index is -0.863. The Labute approximate surface area is 192 Å². The van der Waals surface area contributed by atoms with Crippen molar-refractivity contribution < 1.29 is 23.8 Å². The highest BCUT2D eigenvalue weighted by molar-refractivity contribution is 5.70. The molecule has 1 saturated heterocycles. The minimum absolute atomic E-state index is 0.179. The zero-order chi connectivity index (χ0) is 23.2. The Morgan fingerprint density at radius 2 is 1.59 bits per heavy atom. The fraction of sp³-hybridized carbons (Fsp3) is 0.680. The lowest BCUT2D eigenvalue weighted by atomic mass is 10.0. The van der Waals surface area contributed by atoms with Gasteiger partial charge in [-0.2, -0.15) is 0 Å². The number of carbonyl (C=O) groups excluding carboxylic acids is 2. The van der Waals surface area contributed by atoms with E-state index in [1.807, 2.05) is 24.3 Å². The summed E-state index contributed by atoms with van der Waals surface area (Å²) >= 11 is 0. The third-order valence-electron chi connectivity index (χ3n) is 5.98. The molecule has 0 spiro atoms. The van der Waals surface area contributed by atoms with Gasteiger partial charge in [0.1, 0.15) is 5.75 Å². The Kier molecular flexibility index (Phi) is 11.9. The van der Waals surface area contributed by atoms with Crippen LogP contribution in [0, 0.1) is 0 Å². The van der Waals surface area contributed by atoms with Gasteiger partial charge in [0.2, 0.25) is 0 Å². The van der Waals surface area contributed by atoms with Crippen LogP contribution in [-0.2, 0) is 20.7 Å². The molecule has 1 aliphatic rings. The maximum atomic E-state index is 12.3. The van der Waals surface area contributed by atoms with Gasteiger partial charge in [-0.3, -0.25) is 4.79 Å². The van der Waals surface area contributed by atoms with Crippen LogP contribution < -0.4 is 15.8 Å². The van der Waals surface area contributed by atoms with E-state index in [1.165, 1.54) is 38.5 Å². The first-order chi connectivity index (χ1) is 15.5. The molecule has 0 radical (unpaired) electrons. The lowest BCUT2D eigenvalue weighted by Gasteiger charge is -2.23. The molecule has 0 unspecified atom stereocenters. The largest absolute Gasteiger partial charge is 0.497 e. The number of nitrogens with one attached hydrogen (secondary N) is 1. The highest BCUT2D eigenvalue weighted by atomic mass is 16.6. The van der Waals surface area contributed by atoms with Crippen LogP contribution in [0.3, 0.4) is 0 Å². The van der Waals surface area contributed by atoms with Crippen molar-refractivity contribution in [2.75, 3.05) is 13.7 Å². The number of methoxy groups -OCH3 is 1. The summed E-state index contributed by atoms with van der Waals surface area (Å²) in [5.41, 5.74) is 6.34. The number of benzene rings is 1. The smallest absolute Gasteiger partial charge is 0.404 e. The predicted octanol–water partition coefficient (Wildman–Crippen LogP) is 4.51. The molecule has 1 heterocycles. The molecule has 1 aromatic carbocycles. The van der Waals surface area contributed by atoms with Crippen molar-refractivity contribution in [1.29, 1.82) is 0 Å². The molecule has 1 aliphatic heterocycles. The third-order valence-corrected chi connectivity index (χ3v) is 5.98. The van der Waals surface area contributed by atoms with Crippen LogP contribution >= 0.6 is 0 Å². The van der Waals surface area contributed by atoms with Gasteiger partial charge >= 0.3 is 12.1 Å². The summed E-state index contributed by atoms with van der Waals surface area (Å²) in [5, 5.41) is 3.31. The highest BCUT2D eigenvalue weighted by Crippen LogP contribution is 2.22. The monoisotopic (exact) mass is 448 g/mol. The number of rotatable bonds is 15. The van der Waals surface area contributed by atoms with E-state index in [0.29, 0.717) is 19.4 Å². The molecule has 0 bridgehead atoms. The summed E-state index contributed by atoms with van der Waals surface area (Å²) in [5.74, 6) is 0.532. The first kappa shape index (κ1) is 26.0. The fourth-order valence-corrected chi connectivity index (χ4v) is 4.17. The Balaban J connectivity index is 1.73. The van der Waals surface area contributed by atoms with Crippen molar-refractivity contribution in [2.24, 2.45) is 5.73 Å². The molecular formula is C25H40N2O5. The topological polar surface area (TPSA) is 99.9 Å². The van der Waals surface area contributed by atoms with Crippen LogP contribution in [0.5, 0.6) is 5.75 Å². The summed E-state index contributed by atoms with van der Waals surface area (Å²) < 4.78 is 16.2. The molecule has 32 heavy (non-hydrogen) atoms. The summed E-state index contributed by atoms with van der Waals surface area (Å²) in [6.07, 6.45) is 9.75. The maximum absolute atomic E-state index is 12.3. The average Bonchev–Trinajstić information content (AvgIpc) is 3.13. The highest BCUT2D eigenvalue weighted by Gasteiger charge is 2.41. The van der Waals surface area contributed by atoms with Crippen molar-refractivity contribution in [2.45, 2.75) is 95.8 Å². The van der Waals surface area contributed by atoms with Crippen molar-refractivity contribution >= 4 is 12.1 Å². The number of amides is 1. The second-order valence-corrected chi connectivity index (χ2v) is 8.58. The van der Waals surface area contributed by atoms with E-state index >= 15 is 0 Å². The van der Waals surface area contributed by atoms with E-state index in [9.17, 15) is 9.59 Å². The minimum Gasteiger partial charge on any atom is -0.497 e. The average molecular weight is 449 g/mol. The molecule has 0 aromatic heterocycles. The standard InChI is InChI=1S/C25H40N2O5/c1-3-4-5-6-7-8-9-10-11-12-23(28)31-22-18-27-21(24(22)32-25(26)29)17-19-13-15-20(30-2)16-14-19/h13-16,21-22,24,27H,3-12,17-18H2,1-2H3,(H2,26,29)/t21-,22+,24+/m1/s1. The normalized spacial score (nSPS) is 20.1. The van der Waals surface area contributed by atoms with Gasteiger partial charge in [0.15, 0.2) is 12.2 Å². The molecule has 1 amide bonds. The molecule has 0 aliphatic carbocycles. The molecular weight excluding hydrogens is 408 g/mol. The van der Waals surface area contributed by atoms with Crippen molar-refractivity contribution in [3.63, 3.8) is 0 Å². The molecule has 7 nitrogen and oxygen atoms in total. The first-order valence-electron chi connectivity index (χ1n) is 12.0. The number of hydrogen-bond acceptors (Lipinski definition) is 6. The molecule has 2 rings (SSSR count). The second kappa shape index (κ2) is 14.7. The lowest BCUT2D eigenvalue weighted by molar-refractivity contribution is -0.152. The number of ether oxygens (including phenoxy) is 3. The van der Waals surface area contributed by atoms with Crippen LogP contribution in [-0.4, -0.2) is 44.0 Å². The van der Waals surface area contributed by atoms with E-state index < -0.39 is 18.3 Å². The van der Waals surface area contributed by atoms with E-state index in [-0.39, 0.29) is 12.0 Å². The van der Waals surface area contributed by atoms with Crippen molar-refractivity contribution in [3.8, 4) is 5.75 Å². The van der Waals surface area contributed by atoms with Crippen LogP contribution in [0.15, 0.2) is 24.3 Å². The van der Waals surface area contributed by atoms with Crippen LogP contribution in [0.25, 0.3) is 0 Å². The zero-order valence-electron chi connectivity index (χ0n) is 19.6. The van der Waals surface area contributed by atoms with Gasteiger partial charge in [-0.15, -0.1) is 0 Å². The van der Waals surface area contributed by atoms with E-state index in [4.69, 9.17) is 19.9 Å². The Hall–Kier alpha value is -2.28. The van der Waals surface area contributed by atoms with Crippen molar-refractivity contribution in [1.82, 2.24) is 5.32 Å². The molecule has 0 saturated carbocycles.